The predicted octanol–water partition coefficient (Wildman–Crippen LogP) is 3.36. The maximum atomic E-state index is 5.93. The van der Waals surface area contributed by atoms with E-state index in [0.717, 1.165) is 21.9 Å². The van der Waals surface area contributed by atoms with Crippen LogP contribution in [0, 0.1) is 0 Å². The van der Waals surface area contributed by atoms with E-state index in [2.05, 4.69) is 19.6 Å². The summed E-state index contributed by atoms with van der Waals surface area (Å²) in [6.45, 7) is 0. The normalized spacial score (nSPS) is 11.1. The van der Waals surface area contributed by atoms with Gasteiger partial charge in [-0.25, -0.2) is 4.98 Å². The number of rotatable bonds is 3. The van der Waals surface area contributed by atoms with Crippen molar-refractivity contribution < 1.29 is 0 Å². The quantitative estimate of drug-likeness (QED) is 0.749. The minimum Gasteiger partial charge on any atom is -0.333 e. The SMILES string of the molecule is Clc1snnc1CSc1nc2ccccc2[nH]1. The highest BCUT2D eigenvalue weighted by Gasteiger charge is 2.08. The molecule has 0 bridgehead atoms. The summed E-state index contributed by atoms with van der Waals surface area (Å²) in [5, 5.41) is 4.83. The number of nitrogens with zero attached hydrogens (tertiary/aromatic N) is 3. The zero-order valence-corrected chi connectivity index (χ0v) is 10.9. The van der Waals surface area contributed by atoms with Crippen molar-refractivity contribution in [1.29, 1.82) is 0 Å². The molecule has 0 unspecified atom stereocenters. The highest BCUT2D eigenvalue weighted by Crippen LogP contribution is 2.26. The molecule has 1 aromatic carbocycles. The lowest BCUT2D eigenvalue weighted by Gasteiger charge is -1.93. The number of imidazole rings is 1. The number of halogens is 1. The van der Waals surface area contributed by atoms with E-state index in [1.54, 1.807) is 11.8 Å². The Balaban J connectivity index is 1.79. The molecule has 0 aliphatic carbocycles. The molecule has 2 heterocycles. The summed E-state index contributed by atoms with van der Waals surface area (Å²) in [5.74, 6) is 0.676. The van der Waals surface area contributed by atoms with Crippen LogP contribution in [0.15, 0.2) is 29.4 Å². The van der Waals surface area contributed by atoms with Crippen LogP contribution in [0.2, 0.25) is 4.34 Å². The van der Waals surface area contributed by atoms with E-state index in [1.165, 1.54) is 11.5 Å². The van der Waals surface area contributed by atoms with Gasteiger partial charge < -0.3 is 4.98 Å². The topological polar surface area (TPSA) is 54.5 Å². The van der Waals surface area contributed by atoms with Gasteiger partial charge in [-0.3, -0.25) is 0 Å². The maximum Gasteiger partial charge on any atom is 0.166 e. The fourth-order valence-corrected chi connectivity index (χ4v) is 3.04. The molecule has 0 fully saturated rings. The van der Waals surface area contributed by atoms with Crippen molar-refractivity contribution in [1.82, 2.24) is 19.6 Å². The molecule has 3 rings (SSSR count). The first-order chi connectivity index (χ1) is 8.33. The van der Waals surface area contributed by atoms with Crippen molar-refractivity contribution in [3.63, 3.8) is 0 Å². The van der Waals surface area contributed by atoms with Gasteiger partial charge >= 0.3 is 0 Å². The third kappa shape index (κ3) is 2.29. The standard InChI is InChI=1S/C10H7ClN4S2/c11-9-8(14-15-17-9)5-16-10-12-6-3-1-2-4-7(6)13-10/h1-4H,5H2,(H,12,13). The van der Waals surface area contributed by atoms with Crippen molar-refractivity contribution in [2.45, 2.75) is 10.9 Å². The van der Waals surface area contributed by atoms with Crippen molar-refractivity contribution in [2.75, 3.05) is 0 Å². The highest BCUT2D eigenvalue weighted by molar-refractivity contribution is 7.98. The van der Waals surface area contributed by atoms with Gasteiger partial charge in [0.25, 0.3) is 0 Å². The third-order valence-electron chi connectivity index (χ3n) is 2.22. The van der Waals surface area contributed by atoms with Crippen molar-refractivity contribution in [3.8, 4) is 0 Å². The second kappa shape index (κ2) is 4.64. The first-order valence-corrected chi connectivity index (χ1v) is 7.01. The Kier molecular flexibility index (Phi) is 3.00. The summed E-state index contributed by atoms with van der Waals surface area (Å²) in [5.41, 5.74) is 2.82. The smallest absolute Gasteiger partial charge is 0.166 e. The van der Waals surface area contributed by atoms with Gasteiger partial charge in [-0.15, -0.1) is 5.10 Å². The van der Waals surface area contributed by atoms with Gasteiger partial charge in [-0.2, -0.15) is 0 Å². The Morgan fingerprint density at radius 2 is 2.24 bits per heavy atom. The molecular formula is C10H7ClN4S2. The lowest BCUT2D eigenvalue weighted by atomic mass is 10.3. The third-order valence-corrected chi connectivity index (χ3v) is 4.09. The van der Waals surface area contributed by atoms with Crippen LogP contribution >= 0.6 is 34.9 Å². The summed E-state index contributed by atoms with van der Waals surface area (Å²) in [6, 6.07) is 7.94. The second-order valence-corrected chi connectivity index (χ2v) is 5.66. The van der Waals surface area contributed by atoms with E-state index in [-0.39, 0.29) is 0 Å². The minimum absolute atomic E-state index is 0.647. The molecule has 3 aromatic rings. The van der Waals surface area contributed by atoms with Gasteiger partial charge in [0, 0.05) is 17.3 Å². The predicted molar refractivity (Wildman–Crippen MR) is 70.6 cm³/mol. The number of hydrogen-bond donors (Lipinski definition) is 1. The molecule has 0 aliphatic rings. The minimum atomic E-state index is 0.647. The second-order valence-electron chi connectivity index (χ2n) is 3.34. The Hall–Kier alpha value is -1.11. The Morgan fingerprint density at radius 1 is 1.35 bits per heavy atom. The Labute approximate surface area is 111 Å². The molecule has 7 heteroatoms. The van der Waals surface area contributed by atoms with Gasteiger partial charge in [0.1, 0.15) is 10.0 Å². The van der Waals surface area contributed by atoms with Gasteiger partial charge in [-0.1, -0.05) is 40.0 Å². The molecule has 0 atom stereocenters. The first-order valence-electron chi connectivity index (χ1n) is 4.87. The summed E-state index contributed by atoms with van der Waals surface area (Å²) in [6.07, 6.45) is 0. The number of aromatic amines is 1. The largest absolute Gasteiger partial charge is 0.333 e. The Morgan fingerprint density at radius 3 is 3.00 bits per heavy atom. The molecule has 0 radical (unpaired) electrons. The lowest BCUT2D eigenvalue weighted by Crippen LogP contribution is -1.83. The molecule has 86 valence electrons. The molecule has 0 saturated heterocycles. The molecule has 0 spiro atoms. The molecule has 0 aliphatic heterocycles. The van der Waals surface area contributed by atoms with E-state index < -0.39 is 0 Å². The number of hydrogen-bond acceptors (Lipinski definition) is 5. The summed E-state index contributed by atoms with van der Waals surface area (Å²) >= 11 is 8.71. The van der Waals surface area contributed by atoms with E-state index in [0.29, 0.717) is 10.1 Å². The molecule has 2 aromatic heterocycles. The van der Waals surface area contributed by atoms with Crippen LogP contribution in [0.5, 0.6) is 0 Å². The van der Waals surface area contributed by atoms with Crippen LogP contribution in [0.1, 0.15) is 5.69 Å². The molecule has 0 saturated carbocycles. The van der Waals surface area contributed by atoms with Crippen LogP contribution in [0.4, 0.5) is 0 Å². The van der Waals surface area contributed by atoms with Crippen molar-refractivity contribution in [2.24, 2.45) is 0 Å². The van der Waals surface area contributed by atoms with E-state index >= 15 is 0 Å². The van der Waals surface area contributed by atoms with Gasteiger partial charge in [0.15, 0.2) is 5.16 Å². The number of fused-ring (bicyclic) bond motifs is 1. The molecular weight excluding hydrogens is 276 g/mol. The summed E-state index contributed by atoms with van der Waals surface area (Å²) in [4.78, 5) is 7.70. The van der Waals surface area contributed by atoms with Gasteiger partial charge in [0.05, 0.1) is 11.0 Å². The Bertz CT molecular complexity index is 615. The van der Waals surface area contributed by atoms with Gasteiger partial charge in [0.2, 0.25) is 0 Å². The van der Waals surface area contributed by atoms with Crippen LogP contribution in [0.3, 0.4) is 0 Å². The summed E-state index contributed by atoms with van der Waals surface area (Å²) in [7, 11) is 0. The first kappa shape index (κ1) is 11.0. The summed E-state index contributed by atoms with van der Waals surface area (Å²) < 4.78 is 4.44. The number of aromatic nitrogens is 4. The average Bonchev–Trinajstić information content (AvgIpc) is 2.92. The number of nitrogens with one attached hydrogen (secondary N) is 1. The molecule has 1 N–H and O–H groups in total. The molecule has 4 nitrogen and oxygen atoms in total. The number of para-hydroxylation sites is 2. The number of thioether (sulfide) groups is 1. The van der Waals surface area contributed by atoms with Crippen LogP contribution < -0.4 is 0 Å². The molecule has 0 amide bonds. The zero-order valence-electron chi connectivity index (χ0n) is 8.55. The lowest BCUT2D eigenvalue weighted by molar-refractivity contribution is 1.05. The highest BCUT2D eigenvalue weighted by atomic mass is 35.5. The monoisotopic (exact) mass is 282 g/mol. The van der Waals surface area contributed by atoms with E-state index in [1.807, 2.05) is 24.3 Å². The number of H-pyrrole nitrogens is 1. The number of benzene rings is 1. The average molecular weight is 283 g/mol. The maximum absolute atomic E-state index is 5.93. The zero-order chi connectivity index (χ0) is 11.7. The van der Waals surface area contributed by atoms with E-state index in [9.17, 15) is 0 Å². The van der Waals surface area contributed by atoms with Crippen molar-refractivity contribution in [3.05, 3.63) is 34.3 Å². The van der Waals surface area contributed by atoms with Gasteiger partial charge in [-0.05, 0) is 12.1 Å². The fourth-order valence-electron chi connectivity index (χ4n) is 1.42. The van der Waals surface area contributed by atoms with E-state index in [4.69, 9.17) is 11.6 Å². The van der Waals surface area contributed by atoms with Crippen LogP contribution in [-0.4, -0.2) is 19.6 Å². The van der Waals surface area contributed by atoms with Crippen LogP contribution in [0.25, 0.3) is 11.0 Å². The van der Waals surface area contributed by atoms with Crippen molar-refractivity contribution >= 4 is 45.9 Å². The van der Waals surface area contributed by atoms with Crippen LogP contribution in [-0.2, 0) is 5.75 Å². The molecule has 17 heavy (non-hydrogen) atoms. The fraction of sp³-hybridized carbons (Fsp3) is 0.100.